The lowest BCUT2D eigenvalue weighted by Gasteiger charge is -2.29. The Labute approximate surface area is 86.9 Å². The van der Waals surface area contributed by atoms with E-state index in [2.05, 4.69) is 44.5 Å². The van der Waals surface area contributed by atoms with Crippen molar-refractivity contribution in [2.45, 2.75) is 25.4 Å². The molecular formula is C9H14BrN3. The molecule has 0 aliphatic carbocycles. The average molecular weight is 244 g/mol. The fourth-order valence-electron chi connectivity index (χ4n) is 1.83. The molecule has 0 amide bonds. The van der Waals surface area contributed by atoms with Gasteiger partial charge >= 0.3 is 0 Å². The van der Waals surface area contributed by atoms with Gasteiger partial charge in [0.15, 0.2) is 0 Å². The molecule has 0 saturated heterocycles. The molecule has 0 radical (unpaired) electrons. The van der Waals surface area contributed by atoms with E-state index >= 15 is 0 Å². The SMILES string of the molecule is CN(C)C1CCn2cnc(Br)c2C1. The molecule has 0 saturated carbocycles. The molecule has 0 bridgehead atoms. The van der Waals surface area contributed by atoms with Crippen LogP contribution in [0.4, 0.5) is 0 Å². The van der Waals surface area contributed by atoms with Gasteiger partial charge in [0.25, 0.3) is 0 Å². The predicted octanol–water partition coefficient (Wildman–Crippen LogP) is 1.52. The maximum Gasteiger partial charge on any atom is 0.127 e. The van der Waals surface area contributed by atoms with Crippen LogP contribution in [0.1, 0.15) is 12.1 Å². The van der Waals surface area contributed by atoms with E-state index in [0.29, 0.717) is 6.04 Å². The third kappa shape index (κ3) is 1.65. The number of aromatic nitrogens is 2. The Hall–Kier alpha value is -0.350. The van der Waals surface area contributed by atoms with Crippen LogP contribution in [0.2, 0.25) is 0 Å². The Balaban J connectivity index is 2.22. The topological polar surface area (TPSA) is 21.1 Å². The van der Waals surface area contributed by atoms with Gasteiger partial charge in [-0.15, -0.1) is 0 Å². The summed E-state index contributed by atoms with van der Waals surface area (Å²) in [4.78, 5) is 6.55. The smallest absolute Gasteiger partial charge is 0.127 e. The molecule has 0 aromatic carbocycles. The number of hydrogen-bond donors (Lipinski definition) is 0. The summed E-state index contributed by atoms with van der Waals surface area (Å²) < 4.78 is 3.25. The molecule has 2 heterocycles. The Morgan fingerprint density at radius 1 is 1.62 bits per heavy atom. The summed E-state index contributed by atoms with van der Waals surface area (Å²) in [6.45, 7) is 1.09. The van der Waals surface area contributed by atoms with Crippen molar-refractivity contribution in [3.8, 4) is 0 Å². The Bertz CT molecular complexity index is 306. The zero-order valence-corrected chi connectivity index (χ0v) is 9.58. The molecule has 3 nitrogen and oxygen atoms in total. The van der Waals surface area contributed by atoms with Gasteiger partial charge in [0.2, 0.25) is 0 Å². The van der Waals surface area contributed by atoms with Crippen molar-refractivity contribution in [3.63, 3.8) is 0 Å². The van der Waals surface area contributed by atoms with E-state index in [1.165, 1.54) is 12.1 Å². The van der Waals surface area contributed by atoms with Gasteiger partial charge in [0.05, 0.1) is 12.0 Å². The van der Waals surface area contributed by atoms with Crippen molar-refractivity contribution in [3.05, 3.63) is 16.6 Å². The zero-order chi connectivity index (χ0) is 9.42. The first-order valence-corrected chi connectivity index (χ1v) is 5.33. The summed E-state index contributed by atoms with van der Waals surface area (Å²) in [6, 6.07) is 0.667. The van der Waals surface area contributed by atoms with Crippen LogP contribution in [-0.4, -0.2) is 34.6 Å². The minimum absolute atomic E-state index is 0.667. The van der Waals surface area contributed by atoms with Crippen LogP contribution in [0.25, 0.3) is 0 Å². The lowest BCUT2D eigenvalue weighted by molar-refractivity contribution is 0.245. The van der Waals surface area contributed by atoms with E-state index in [1.54, 1.807) is 0 Å². The van der Waals surface area contributed by atoms with Crippen LogP contribution < -0.4 is 0 Å². The van der Waals surface area contributed by atoms with Crippen molar-refractivity contribution in [2.75, 3.05) is 14.1 Å². The Kier molecular flexibility index (Phi) is 2.43. The maximum atomic E-state index is 4.25. The number of imidazole rings is 1. The van der Waals surface area contributed by atoms with E-state index in [-0.39, 0.29) is 0 Å². The largest absolute Gasteiger partial charge is 0.333 e. The number of rotatable bonds is 1. The molecule has 1 aromatic rings. The summed E-state index contributed by atoms with van der Waals surface area (Å²) in [5.41, 5.74) is 1.34. The molecule has 4 heteroatoms. The van der Waals surface area contributed by atoms with Crippen molar-refractivity contribution < 1.29 is 0 Å². The van der Waals surface area contributed by atoms with Gasteiger partial charge in [-0.3, -0.25) is 0 Å². The molecule has 0 fully saturated rings. The third-order valence-electron chi connectivity index (χ3n) is 2.76. The van der Waals surface area contributed by atoms with E-state index in [0.717, 1.165) is 17.6 Å². The summed E-state index contributed by atoms with van der Waals surface area (Å²) in [7, 11) is 4.29. The van der Waals surface area contributed by atoms with Crippen molar-refractivity contribution in [1.82, 2.24) is 14.5 Å². The number of aryl methyl sites for hydroxylation is 1. The van der Waals surface area contributed by atoms with Crippen LogP contribution in [-0.2, 0) is 13.0 Å². The van der Waals surface area contributed by atoms with Crippen LogP contribution in [0, 0.1) is 0 Å². The first-order valence-electron chi connectivity index (χ1n) is 4.54. The fourth-order valence-corrected chi connectivity index (χ4v) is 2.31. The minimum Gasteiger partial charge on any atom is -0.333 e. The van der Waals surface area contributed by atoms with Crippen LogP contribution >= 0.6 is 15.9 Å². The molecule has 2 rings (SSSR count). The van der Waals surface area contributed by atoms with Gasteiger partial charge < -0.3 is 9.47 Å². The highest BCUT2D eigenvalue weighted by Crippen LogP contribution is 2.23. The lowest BCUT2D eigenvalue weighted by atomic mass is 10.0. The standard InChI is InChI=1S/C9H14BrN3/c1-12(2)7-3-4-13-6-11-9(10)8(13)5-7/h6-7H,3-5H2,1-2H3. The van der Waals surface area contributed by atoms with Crippen molar-refractivity contribution >= 4 is 15.9 Å². The van der Waals surface area contributed by atoms with E-state index in [1.807, 2.05) is 6.33 Å². The molecule has 13 heavy (non-hydrogen) atoms. The highest BCUT2D eigenvalue weighted by atomic mass is 79.9. The summed E-state index contributed by atoms with van der Waals surface area (Å²) >= 11 is 3.48. The number of fused-ring (bicyclic) bond motifs is 1. The van der Waals surface area contributed by atoms with Crippen molar-refractivity contribution in [2.24, 2.45) is 0 Å². The molecule has 72 valence electrons. The second-order valence-corrected chi connectivity index (χ2v) is 4.54. The van der Waals surface area contributed by atoms with Crippen LogP contribution in [0.15, 0.2) is 10.9 Å². The Morgan fingerprint density at radius 2 is 2.38 bits per heavy atom. The van der Waals surface area contributed by atoms with Gasteiger partial charge in [-0.25, -0.2) is 4.98 Å². The molecule has 1 aliphatic heterocycles. The summed E-state index contributed by atoms with van der Waals surface area (Å²) in [6.07, 6.45) is 4.25. The van der Waals surface area contributed by atoms with E-state index in [4.69, 9.17) is 0 Å². The van der Waals surface area contributed by atoms with Gasteiger partial charge in [-0.05, 0) is 36.4 Å². The molecule has 1 atom stereocenters. The summed E-state index contributed by atoms with van der Waals surface area (Å²) in [5.74, 6) is 0. The van der Waals surface area contributed by atoms with Crippen LogP contribution in [0.3, 0.4) is 0 Å². The normalized spacial score (nSPS) is 22.0. The van der Waals surface area contributed by atoms with Gasteiger partial charge in [-0.2, -0.15) is 0 Å². The van der Waals surface area contributed by atoms with E-state index in [9.17, 15) is 0 Å². The number of hydrogen-bond acceptors (Lipinski definition) is 2. The quantitative estimate of drug-likeness (QED) is 0.746. The molecule has 1 aliphatic rings. The number of nitrogens with zero attached hydrogens (tertiary/aromatic N) is 3. The van der Waals surface area contributed by atoms with Crippen LogP contribution in [0.5, 0.6) is 0 Å². The van der Waals surface area contributed by atoms with E-state index < -0.39 is 0 Å². The number of likely N-dealkylation sites (N-methyl/N-ethyl adjacent to an activating group) is 1. The maximum absolute atomic E-state index is 4.25. The molecular weight excluding hydrogens is 230 g/mol. The summed E-state index contributed by atoms with van der Waals surface area (Å²) in [5, 5.41) is 0. The Morgan fingerprint density at radius 3 is 3.08 bits per heavy atom. The van der Waals surface area contributed by atoms with Gasteiger partial charge in [0, 0.05) is 19.0 Å². The number of halogens is 1. The van der Waals surface area contributed by atoms with Gasteiger partial charge in [-0.1, -0.05) is 0 Å². The lowest BCUT2D eigenvalue weighted by Crippen LogP contribution is -2.35. The van der Waals surface area contributed by atoms with Gasteiger partial charge in [0.1, 0.15) is 4.60 Å². The van der Waals surface area contributed by atoms with Crippen molar-refractivity contribution in [1.29, 1.82) is 0 Å². The highest BCUT2D eigenvalue weighted by Gasteiger charge is 2.22. The first-order chi connectivity index (χ1) is 6.18. The second kappa shape index (κ2) is 3.42. The molecule has 1 aromatic heterocycles. The highest BCUT2D eigenvalue weighted by molar-refractivity contribution is 9.10. The second-order valence-electron chi connectivity index (χ2n) is 3.79. The molecule has 1 unspecified atom stereocenters. The molecule has 0 spiro atoms. The molecule has 0 N–H and O–H groups in total. The minimum atomic E-state index is 0.667. The third-order valence-corrected chi connectivity index (χ3v) is 3.42. The average Bonchev–Trinajstić information content (AvgIpc) is 2.47. The monoisotopic (exact) mass is 243 g/mol. The predicted molar refractivity (Wildman–Crippen MR) is 55.7 cm³/mol. The fraction of sp³-hybridized carbons (Fsp3) is 0.667. The first kappa shape index (κ1) is 9.21. The zero-order valence-electron chi connectivity index (χ0n) is 8.00.